The molecule has 92 valence electrons. The van der Waals surface area contributed by atoms with Crippen LogP contribution in [-0.2, 0) is 0 Å². The van der Waals surface area contributed by atoms with E-state index >= 15 is 0 Å². The van der Waals surface area contributed by atoms with Crippen LogP contribution in [0.15, 0.2) is 11.6 Å². The van der Waals surface area contributed by atoms with Crippen LogP contribution < -0.4 is 0 Å². The first kappa shape index (κ1) is 13.1. The summed E-state index contributed by atoms with van der Waals surface area (Å²) >= 11 is 0. The van der Waals surface area contributed by atoms with E-state index < -0.39 is 6.09 Å². The summed E-state index contributed by atoms with van der Waals surface area (Å²) in [6, 6.07) is 0.0227. The van der Waals surface area contributed by atoms with Crippen molar-refractivity contribution < 1.29 is 9.90 Å². The molecule has 0 bridgehead atoms. The molecule has 1 aliphatic carbocycles. The molecule has 0 fully saturated rings. The molecule has 0 aromatic rings. The molecule has 0 saturated heterocycles. The minimum absolute atomic E-state index is 0.0227. The van der Waals surface area contributed by atoms with Crippen LogP contribution >= 0.6 is 0 Å². The highest BCUT2D eigenvalue weighted by Crippen LogP contribution is 2.31. The highest BCUT2D eigenvalue weighted by Gasteiger charge is 2.33. The van der Waals surface area contributed by atoms with Gasteiger partial charge in [0.1, 0.15) is 0 Å². The van der Waals surface area contributed by atoms with Gasteiger partial charge in [-0.3, -0.25) is 0 Å². The van der Waals surface area contributed by atoms with Gasteiger partial charge in [0.05, 0.1) is 0 Å². The second kappa shape index (κ2) is 4.89. The lowest BCUT2D eigenvalue weighted by Crippen LogP contribution is -2.51. The van der Waals surface area contributed by atoms with E-state index in [1.54, 1.807) is 4.90 Å². The van der Waals surface area contributed by atoms with Crippen molar-refractivity contribution >= 4 is 6.09 Å². The van der Waals surface area contributed by atoms with Gasteiger partial charge in [-0.05, 0) is 53.4 Å². The molecular weight excluding hydrogens is 202 g/mol. The van der Waals surface area contributed by atoms with Crippen LogP contribution in [0.3, 0.4) is 0 Å². The summed E-state index contributed by atoms with van der Waals surface area (Å²) in [5.41, 5.74) is 1.10. The molecule has 1 amide bonds. The molecule has 0 aliphatic heterocycles. The summed E-state index contributed by atoms with van der Waals surface area (Å²) in [6.07, 6.45) is 5.81. The maximum atomic E-state index is 11.3. The van der Waals surface area contributed by atoms with Gasteiger partial charge >= 0.3 is 6.09 Å². The van der Waals surface area contributed by atoms with Crippen molar-refractivity contribution in [2.45, 2.75) is 65.0 Å². The van der Waals surface area contributed by atoms with E-state index in [2.05, 4.69) is 6.08 Å². The lowest BCUT2D eigenvalue weighted by molar-refractivity contribution is 0.0718. The van der Waals surface area contributed by atoms with E-state index in [0.717, 1.165) is 19.3 Å². The van der Waals surface area contributed by atoms with Gasteiger partial charge in [0.25, 0.3) is 0 Å². The Morgan fingerprint density at radius 3 is 2.56 bits per heavy atom. The standard InChI is InChI=1S/C13H23NO2/c1-10(2)14(12(15)16)13(3,4)9-11-7-5-6-8-11/h7,10H,5-6,8-9H2,1-4H3,(H,15,16). The fourth-order valence-corrected chi connectivity index (χ4v) is 2.72. The van der Waals surface area contributed by atoms with E-state index in [4.69, 9.17) is 0 Å². The zero-order valence-corrected chi connectivity index (χ0v) is 10.8. The smallest absolute Gasteiger partial charge is 0.407 e. The largest absolute Gasteiger partial charge is 0.465 e. The molecule has 0 atom stereocenters. The molecule has 0 aromatic heterocycles. The zero-order chi connectivity index (χ0) is 12.3. The molecule has 0 spiro atoms. The van der Waals surface area contributed by atoms with Crippen molar-refractivity contribution in [2.75, 3.05) is 0 Å². The Hall–Kier alpha value is -0.990. The first-order valence-corrected chi connectivity index (χ1v) is 6.05. The monoisotopic (exact) mass is 225 g/mol. The number of amides is 1. The van der Waals surface area contributed by atoms with E-state index in [0.29, 0.717) is 0 Å². The number of carboxylic acid groups (broad SMARTS) is 1. The summed E-state index contributed by atoms with van der Waals surface area (Å²) in [6.45, 7) is 7.89. The van der Waals surface area contributed by atoms with E-state index in [1.165, 1.54) is 12.0 Å². The van der Waals surface area contributed by atoms with Gasteiger partial charge in [-0.1, -0.05) is 11.6 Å². The summed E-state index contributed by atoms with van der Waals surface area (Å²) in [4.78, 5) is 12.8. The van der Waals surface area contributed by atoms with Gasteiger partial charge in [-0.2, -0.15) is 0 Å². The summed E-state index contributed by atoms with van der Waals surface area (Å²) in [5.74, 6) is 0. The number of allylic oxidation sites excluding steroid dienone is 1. The molecular formula is C13H23NO2. The topological polar surface area (TPSA) is 40.5 Å². The van der Waals surface area contributed by atoms with Crippen molar-refractivity contribution in [2.24, 2.45) is 0 Å². The quantitative estimate of drug-likeness (QED) is 0.742. The second-order valence-electron chi connectivity index (χ2n) is 5.49. The highest BCUT2D eigenvalue weighted by atomic mass is 16.4. The third-order valence-electron chi connectivity index (χ3n) is 3.17. The molecule has 16 heavy (non-hydrogen) atoms. The number of hydrogen-bond acceptors (Lipinski definition) is 1. The maximum Gasteiger partial charge on any atom is 0.407 e. The Bertz CT molecular complexity index is 292. The van der Waals surface area contributed by atoms with Crippen LogP contribution in [0.4, 0.5) is 4.79 Å². The van der Waals surface area contributed by atoms with Crippen LogP contribution in [0.5, 0.6) is 0 Å². The van der Waals surface area contributed by atoms with E-state index in [1.807, 2.05) is 27.7 Å². The number of rotatable bonds is 4. The van der Waals surface area contributed by atoms with Gasteiger partial charge in [-0.15, -0.1) is 0 Å². The van der Waals surface area contributed by atoms with Gasteiger partial charge < -0.3 is 10.0 Å². The minimum Gasteiger partial charge on any atom is -0.465 e. The minimum atomic E-state index is -0.821. The summed E-state index contributed by atoms with van der Waals surface area (Å²) in [5, 5.41) is 9.26. The molecule has 3 heteroatoms. The van der Waals surface area contributed by atoms with Crippen LogP contribution in [0.1, 0.15) is 53.4 Å². The molecule has 0 heterocycles. The van der Waals surface area contributed by atoms with Gasteiger partial charge in [0.2, 0.25) is 0 Å². The lowest BCUT2D eigenvalue weighted by Gasteiger charge is -2.40. The summed E-state index contributed by atoms with van der Waals surface area (Å²) in [7, 11) is 0. The Labute approximate surface area is 98.1 Å². The maximum absolute atomic E-state index is 11.3. The van der Waals surface area contributed by atoms with Crippen molar-refractivity contribution in [3.63, 3.8) is 0 Å². The molecule has 3 nitrogen and oxygen atoms in total. The van der Waals surface area contributed by atoms with Crippen molar-refractivity contribution in [3.8, 4) is 0 Å². The predicted octanol–water partition coefficient (Wildman–Crippen LogP) is 3.65. The Morgan fingerprint density at radius 2 is 2.19 bits per heavy atom. The van der Waals surface area contributed by atoms with E-state index in [9.17, 15) is 9.90 Å². The highest BCUT2D eigenvalue weighted by molar-refractivity contribution is 5.66. The van der Waals surface area contributed by atoms with Crippen LogP contribution in [0.25, 0.3) is 0 Å². The van der Waals surface area contributed by atoms with Gasteiger partial charge in [0, 0.05) is 11.6 Å². The zero-order valence-electron chi connectivity index (χ0n) is 10.8. The molecule has 0 aromatic carbocycles. The molecule has 0 radical (unpaired) electrons. The number of carbonyl (C=O) groups is 1. The first-order chi connectivity index (χ1) is 7.34. The van der Waals surface area contributed by atoms with Crippen molar-refractivity contribution in [1.82, 2.24) is 4.90 Å². The third-order valence-corrected chi connectivity index (χ3v) is 3.17. The van der Waals surface area contributed by atoms with Crippen LogP contribution in [0.2, 0.25) is 0 Å². The molecule has 0 saturated carbocycles. The number of hydrogen-bond donors (Lipinski definition) is 1. The third kappa shape index (κ3) is 3.00. The second-order valence-corrected chi connectivity index (χ2v) is 5.49. The Balaban J connectivity index is 2.76. The molecule has 0 unspecified atom stereocenters. The van der Waals surface area contributed by atoms with Gasteiger partial charge in [-0.25, -0.2) is 4.79 Å². The fraction of sp³-hybridized carbons (Fsp3) is 0.769. The molecule has 1 N–H and O–H groups in total. The molecule has 1 rings (SSSR count). The first-order valence-electron chi connectivity index (χ1n) is 6.05. The van der Waals surface area contributed by atoms with Crippen LogP contribution in [0, 0.1) is 0 Å². The Morgan fingerprint density at radius 1 is 1.56 bits per heavy atom. The van der Waals surface area contributed by atoms with Crippen molar-refractivity contribution in [1.29, 1.82) is 0 Å². The van der Waals surface area contributed by atoms with Gasteiger partial charge in [0.15, 0.2) is 0 Å². The average molecular weight is 225 g/mol. The fourth-order valence-electron chi connectivity index (χ4n) is 2.72. The predicted molar refractivity (Wildman–Crippen MR) is 65.6 cm³/mol. The SMILES string of the molecule is CC(C)N(C(=O)O)C(C)(C)CC1=CCCC1. The average Bonchev–Trinajstić information content (AvgIpc) is 2.52. The normalized spacial score (nSPS) is 16.4. The summed E-state index contributed by atoms with van der Waals surface area (Å²) < 4.78 is 0. The lowest BCUT2D eigenvalue weighted by atomic mass is 9.91. The van der Waals surface area contributed by atoms with E-state index in [-0.39, 0.29) is 11.6 Å². The molecule has 1 aliphatic rings. The van der Waals surface area contributed by atoms with Crippen molar-refractivity contribution in [3.05, 3.63) is 11.6 Å². The Kier molecular flexibility index (Phi) is 4.00. The van der Waals surface area contributed by atoms with Crippen LogP contribution in [-0.4, -0.2) is 27.7 Å². The number of nitrogens with zero attached hydrogens (tertiary/aromatic N) is 1.